The van der Waals surface area contributed by atoms with E-state index in [-0.39, 0.29) is 22.9 Å². The Morgan fingerprint density at radius 2 is 1.09 bits per heavy atom. The first-order chi connectivity index (χ1) is 20.5. The van der Waals surface area contributed by atoms with Crippen LogP contribution in [0, 0.1) is 10.8 Å². The molecule has 4 aromatic rings. The van der Waals surface area contributed by atoms with E-state index in [2.05, 4.69) is 154 Å². The number of rotatable bonds is 8. The Morgan fingerprint density at radius 1 is 0.605 bits per heavy atom. The van der Waals surface area contributed by atoms with Crippen LogP contribution in [-0.2, 0) is 0 Å². The summed E-state index contributed by atoms with van der Waals surface area (Å²) in [6.45, 7) is 15.8. The minimum Gasteiger partial charge on any atom is -0.496 e. The second kappa shape index (κ2) is 12.3. The maximum Gasteiger partial charge on any atom is 0.235 e. The summed E-state index contributed by atoms with van der Waals surface area (Å²) in [5.41, 5.74) is 7.17. The van der Waals surface area contributed by atoms with Gasteiger partial charge in [0.15, 0.2) is 0 Å². The topological polar surface area (TPSA) is 24.7 Å². The molecule has 0 amide bonds. The lowest BCUT2D eigenvalue weighted by molar-refractivity contribution is -0.576. The summed E-state index contributed by atoms with van der Waals surface area (Å²) >= 11 is 0. The molecule has 4 heteroatoms. The van der Waals surface area contributed by atoms with Crippen LogP contribution in [0.4, 0.5) is 0 Å². The minimum atomic E-state index is -0.0444. The summed E-state index contributed by atoms with van der Waals surface area (Å²) in [7, 11) is 3.56. The molecule has 1 aliphatic rings. The Balaban J connectivity index is 1.60. The fraction of sp³-hybridized carbons (Fsp3) is 0.359. The lowest BCUT2D eigenvalue weighted by Crippen LogP contribution is -2.35. The van der Waals surface area contributed by atoms with E-state index < -0.39 is 0 Å². The lowest BCUT2D eigenvalue weighted by atomic mass is 9.80. The van der Waals surface area contributed by atoms with Crippen molar-refractivity contribution in [2.24, 2.45) is 10.8 Å². The van der Waals surface area contributed by atoms with E-state index >= 15 is 0 Å². The van der Waals surface area contributed by atoms with Crippen molar-refractivity contribution in [3.8, 4) is 33.8 Å². The number of hydrogen-bond donors (Lipinski definition) is 0. The van der Waals surface area contributed by atoms with E-state index in [1.807, 2.05) is 0 Å². The summed E-state index contributed by atoms with van der Waals surface area (Å²) in [5.74, 6) is 1.85. The molecule has 5 rings (SSSR count). The van der Waals surface area contributed by atoms with Gasteiger partial charge in [0.2, 0.25) is 6.34 Å². The van der Waals surface area contributed by atoms with Crippen molar-refractivity contribution >= 4 is 6.34 Å². The molecule has 0 saturated heterocycles. The van der Waals surface area contributed by atoms with Crippen molar-refractivity contribution in [3.05, 3.63) is 108 Å². The molecule has 0 spiro atoms. The van der Waals surface area contributed by atoms with E-state index in [0.29, 0.717) is 0 Å². The predicted octanol–water partition coefficient (Wildman–Crippen LogP) is 9.27. The van der Waals surface area contributed by atoms with Gasteiger partial charge < -0.3 is 9.47 Å². The van der Waals surface area contributed by atoms with Crippen LogP contribution in [0.3, 0.4) is 0 Å². The monoisotopic (exact) mass is 575 g/mol. The van der Waals surface area contributed by atoms with Crippen LogP contribution < -0.4 is 9.47 Å². The molecule has 0 saturated carbocycles. The summed E-state index contributed by atoms with van der Waals surface area (Å²) in [6.07, 6.45) is 2.37. The molecule has 43 heavy (non-hydrogen) atoms. The van der Waals surface area contributed by atoms with Gasteiger partial charge in [-0.05, 0) is 46.5 Å². The Labute approximate surface area is 258 Å². The van der Waals surface area contributed by atoms with Crippen molar-refractivity contribution in [2.75, 3.05) is 27.3 Å². The van der Waals surface area contributed by atoms with E-state index in [4.69, 9.17) is 9.47 Å². The first-order valence-electron chi connectivity index (χ1n) is 15.3. The highest BCUT2D eigenvalue weighted by molar-refractivity contribution is 5.68. The van der Waals surface area contributed by atoms with E-state index in [9.17, 15) is 0 Å². The predicted molar refractivity (Wildman–Crippen MR) is 179 cm³/mol. The fourth-order valence-corrected chi connectivity index (χ4v) is 6.73. The number of hydrogen-bond acceptors (Lipinski definition) is 3. The van der Waals surface area contributed by atoms with Crippen LogP contribution in [0.5, 0.6) is 11.5 Å². The number of methoxy groups -OCH3 is 2. The molecule has 0 radical (unpaired) electrons. The Hall–Kier alpha value is -4.05. The average Bonchev–Trinajstić information content (AvgIpc) is 3.45. The molecular weight excluding hydrogens is 528 g/mol. The molecule has 1 heterocycles. The molecule has 0 aromatic heterocycles. The standard InChI is InChI=1S/C39H47N2O2/c1-38(2,3)36(32-25-30(19-21-34(32)42-7)28-15-11-9-12-16-28)40-23-24-41(27-40)37(39(4,5)6)33-26-31(20-22-35(33)43-8)29-17-13-10-14-18-29/h9-22,25-27,36-37H,23-24H2,1-8H3/q+1/t36-,37-/m0/s1. The zero-order valence-electron chi connectivity index (χ0n) is 27.1. The molecule has 0 bridgehead atoms. The third kappa shape index (κ3) is 6.49. The van der Waals surface area contributed by atoms with E-state index in [1.165, 1.54) is 33.4 Å². The first kappa shape index (κ1) is 30.4. The Bertz CT molecular complexity index is 1560. The number of ether oxygens (including phenoxy) is 2. The van der Waals surface area contributed by atoms with Gasteiger partial charge in [-0.25, -0.2) is 0 Å². The van der Waals surface area contributed by atoms with Gasteiger partial charge >= 0.3 is 0 Å². The highest BCUT2D eigenvalue weighted by Crippen LogP contribution is 2.46. The summed E-state index contributed by atoms with van der Waals surface area (Å²) in [6, 6.07) is 34.7. The first-order valence-corrected chi connectivity index (χ1v) is 15.3. The normalized spacial score (nSPS) is 15.2. The minimum absolute atomic E-state index is 0.0444. The summed E-state index contributed by atoms with van der Waals surface area (Å²) in [5, 5.41) is 0. The molecule has 224 valence electrons. The van der Waals surface area contributed by atoms with Crippen molar-refractivity contribution in [1.82, 2.24) is 4.90 Å². The maximum atomic E-state index is 5.98. The van der Waals surface area contributed by atoms with Crippen LogP contribution in [0.2, 0.25) is 0 Å². The number of nitrogens with zero attached hydrogens (tertiary/aromatic N) is 2. The lowest BCUT2D eigenvalue weighted by Gasteiger charge is -2.34. The average molecular weight is 576 g/mol. The molecular formula is C39H47N2O2+. The Kier molecular flexibility index (Phi) is 8.69. The zero-order valence-corrected chi connectivity index (χ0v) is 27.1. The van der Waals surface area contributed by atoms with Crippen LogP contribution in [0.15, 0.2) is 97.1 Å². The second-order valence-electron chi connectivity index (χ2n) is 13.8. The second-order valence-corrected chi connectivity index (χ2v) is 13.8. The largest absolute Gasteiger partial charge is 0.496 e. The third-order valence-electron chi connectivity index (χ3n) is 8.48. The number of benzene rings is 4. The van der Waals surface area contributed by atoms with Crippen LogP contribution >= 0.6 is 0 Å². The van der Waals surface area contributed by atoms with Gasteiger partial charge in [0.25, 0.3) is 0 Å². The van der Waals surface area contributed by atoms with E-state index in [1.54, 1.807) is 14.2 Å². The molecule has 0 unspecified atom stereocenters. The highest BCUT2D eigenvalue weighted by atomic mass is 16.5. The van der Waals surface area contributed by atoms with Gasteiger partial charge in [-0.3, -0.25) is 9.48 Å². The summed E-state index contributed by atoms with van der Waals surface area (Å²) < 4.78 is 14.5. The Morgan fingerprint density at radius 3 is 1.56 bits per heavy atom. The highest BCUT2D eigenvalue weighted by Gasteiger charge is 2.43. The molecule has 0 aliphatic carbocycles. The van der Waals surface area contributed by atoms with Crippen molar-refractivity contribution in [2.45, 2.75) is 53.6 Å². The molecule has 2 atom stereocenters. The van der Waals surface area contributed by atoms with Crippen molar-refractivity contribution < 1.29 is 14.0 Å². The third-order valence-corrected chi connectivity index (χ3v) is 8.48. The van der Waals surface area contributed by atoms with E-state index in [0.717, 1.165) is 24.6 Å². The molecule has 0 fully saturated rings. The molecule has 4 nitrogen and oxygen atoms in total. The molecule has 4 aromatic carbocycles. The molecule has 1 aliphatic heterocycles. The van der Waals surface area contributed by atoms with Gasteiger partial charge in [0, 0.05) is 22.0 Å². The van der Waals surface area contributed by atoms with Gasteiger partial charge in [-0.2, -0.15) is 0 Å². The zero-order chi connectivity index (χ0) is 30.8. The maximum absolute atomic E-state index is 5.98. The van der Waals surface area contributed by atoms with Crippen LogP contribution in [0.25, 0.3) is 22.3 Å². The van der Waals surface area contributed by atoms with Gasteiger partial charge in [0.05, 0.1) is 14.2 Å². The summed E-state index contributed by atoms with van der Waals surface area (Å²) in [4.78, 5) is 2.53. The van der Waals surface area contributed by atoms with Gasteiger partial charge in [-0.1, -0.05) is 114 Å². The SMILES string of the molecule is COc1ccc(-c2ccccc2)cc1[C@H](N1C=[N+]([C@@H](c2cc(-c3ccccc3)ccc2OC)C(C)(C)C)CC1)C(C)(C)C. The van der Waals surface area contributed by atoms with Gasteiger partial charge in [-0.15, -0.1) is 0 Å². The van der Waals surface area contributed by atoms with Crippen molar-refractivity contribution in [3.63, 3.8) is 0 Å². The van der Waals surface area contributed by atoms with Gasteiger partial charge in [0.1, 0.15) is 36.7 Å². The smallest absolute Gasteiger partial charge is 0.235 e. The van der Waals surface area contributed by atoms with Crippen LogP contribution in [-0.4, -0.2) is 43.1 Å². The van der Waals surface area contributed by atoms with Crippen molar-refractivity contribution in [1.29, 1.82) is 0 Å². The quantitative estimate of drug-likeness (QED) is 0.196. The molecule has 0 N–H and O–H groups in total. The fourth-order valence-electron chi connectivity index (χ4n) is 6.73. The van der Waals surface area contributed by atoms with Crippen LogP contribution in [0.1, 0.15) is 64.8 Å².